The standard InChI is InChI=1S/C18H20N2O2/c21-17(12-6-7-12)19-14-2-1-3-15(10-14)20-18(22)16-9-11-4-5-13(16)8-11/h1-5,10-13,16H,6-9H2,(H,19,21)(H,20,22). The SMILES string of the molecule is O=C(Nc1cccc(NC(=O)C2CC3C=CC2C3)c1)C1CC1. The van der Waals surface area contributed by atoms with Crippen LogP contribution in [0.1, 0.15) is 25.7 Å². The van der Waals surface area contributed by atoms with E-state index in [1.54, 1.807) is 0 Å². The first kappa shape index (κ1) is 13.6. The predicted molar refractivity (Wildman–Crippen MR) is 85.3 cm³/mol. The maximum absolute atomic E-state index is 12.4. The minimum atomic E-state index is 0.0849. The Balaban J connectivity index is 1.41. The van der Waals surface area contributed by atoms with Crippen LogP contribution in [0, 0.1) is 23.7 Å². The Morgan fingerprint density at radius 2 is 1.68 bits per heavy atom. The van der Waals surface area contributed by atoms with Gasteiger partial charge in [0.15, 0.2) is 0 Å². The van der Waals surface area contributed by atoms with Gasteiger partial charge in [-0.15, -0.1) is 0 Å². The van der Waals surface area contributed by atoms with Gasteiger partial charge >= 0.3 is 0 Å². The molecule has 0 aromatic heterocycles. The van der Waals surface area contributed by atoms with E-state index >= 15 is 0 Å². The number of hydrogen-bond acceptors (Lipinski definition) is 2. The van der Waals surface area contributed by atoms with Gasteiger partial charge in [-0.2, -0.15) is 0 Å². The number of allylic oxidation sites excluding steroid dienone is 2. The summed E-state index contributed by atoms with van der Waals surface area (Å²) in [4.78, 5) is 24.2. The smallest absolute Gasteiger partial charge is 0.228 e. The molecule has 3 unspecified atom stereocenters. The van der Waals surface area contributed by atoms with E-state index in [4.69, 9.17) is 0 Å². The molecule has 1 aromatic carbocycles. The van der Waals surface area contributed by atoms with Crippen LogP contribution in [-0.2, 0) is 9.59 Å². The third kappa shape index (κ3) is 2.65. The van der Waals surface area contributed by atoms with Crippen LogP contribution in [0.5, 0.6) is 0 Å². The highest BCUT2D eigenvalue weighted by Gasteiger charge is 2.39. The summed E-state index contributed by atoms with van der Waals surface area (Å²) in [5, 5.41) is 5.92. The summed E-state index contributed by atoms with van der Waals surface area (Å²) in [5.74, 6) is 1.45. The molecule has 0 radical (unpaired) electrons. The quantitative estimate of drug-likeness (QED) is 0.838. The molecule has 4 nitrogen and oxygen atoms in total. The van der Waals surface area contributed by atoms with Crippen LogP contribution in [0.4, 0.5) is 11.4 Å². The summed E-state index contributed by atoms with van der Waals surface area (Å²) in [7, 11) is 0. The van der Waals surface area contributed by atoms with E-state index in [1.165, 1.54) is 0 Å². The summed E-state index contributed by atoms with van der Waals surface area (Å²) >= 11 is 0. The third-order valence-corrected chi connectivity index (χ3v) is 4.96. The predicted octanol–water partition coefficient (Wildman–Crippen LogP) is 3.19. The van der Waals surface area contributed by atoms with Gasteiger partial charge in [0.1, 0.15) is 0 Å². The Bertz CT molecular complexity index is 648. The third-order valence-electron chi connectivity index (χ3n) is 4.96. The number of hydrogen-bond donors (Lipinski definition) is 2. The van der Waals surface area contributed by atoms with Crippen LogP contribution in [0.25, 0.3) is 0 Å². The second-order valence-corrected chi connectivity index (χ2v) is 6.72. The van der Waals surface area contributed by atoms with Crippen molar-refractivity contribution in [1.82, 2.24) is 0 Å². The summed E-state index contributed by atoms with van der Waals surface area (Å²) in [5.41, 5.74) is 1.51. The van der Waals surface area contributed by atoms with Gasteiger partial charge in [0.2, 0.25) is 11.8 Å². The second-order valence-electron chi connectivity index (χ2n) is 6.72. The van der Waals surface area contributed by atoms with Gasteiger partial charge in [-0.05, 0) is 55.7 Å². The monoisotopic (exact) mass is 296 g/mol. The second kappa shape index (κ2) is 5.27. The lowest BCUT2D eigenvalue weighted by Gasteiger charge is -2.18. The van der Waals surface area contributed by atoms with Crippen molar-refractivity contribution in [3.63, 3.8) is 0 Å². The van der Waals surface area contributed by atoms with Crippen molar-refractivity contribution in [2.75, 3.05) is 10.6 Å². The molecule has 114 valence electrons. The van der Waals surface area contributed by atoms with Crippen molar-refractivity contribution >= 4 is 23.2 Å². The zero-order valence-corrected chi connectivity index (χ0v) is 12.4. The van der Waals surface area contributed by atoms with Crippen LogP contribution < -0.4 is 10.6 Å². The number of benzene rings is 1. The normalized spacial score (nSPS) is 28.6. The highest BCUT2D eigenvalue weighted by Crippen LogP contribution is 2.43. The minimum absolute atomic E-state index is 0.0849. The zero-order valence-electron chi connectivity index (χ0n) is 12.4. The molecule has 2 fully saturated rings. The lowest BCUT2D eigenvalue weighted by Crippen LogP contribution is -2.26. The van der Waals surface area contributed by atoms with Crippen molar-refractivity contribution < 1.29 is 9.59 Å². The molecule has 2 saturated carbocycles. The maximum atomic E-state index is 12.4. The fraction of sp³-hybridized carbons (Fsp3) is 0.444. The summed E-state index contributed by atoms with van der Waals surface area (Å²) < 4.78 is 0. The van der Waals surface area contributed by atoms with E-state index in [0.29, 0.717) is 11.8 Å². The first-order valence-corrected chi connectivity index (χ1v) is 8.09. The van der Waals surface area contributed by atoms with E-state index in [0.717, 1.165) is 37.1 Å². The molecule has 4 rings (SSSR count). The summed E-state index contributed by atoms with van der Waals surface area (Å²) in [6.45, 7) is 0. The first-order valence-electron chi connectivity index (χ1n) is 8.09. The van der Waals surface area contributed by atoms with Crippen LogP contribution in [0.15, 0.2) is 36.4 Å². The van der Waals surface area contributed by atoms with Gasteiger partial charge in [0.25, 0.3) is 0 Å². The molecular formula is C18H20N2O2. The molecule has 2 N–H and O–H groups in total. The van der Waals surface area contributed by atoms with Gasteiger partial charge in [-0.25, -0.2) is 0 Å². The van der Waals surface area contributed by atoms with Crippen LogP contribution >= 0.6 is 0 Å². The number of nitrogens with one attached hydrogen (secondary N) is 2. The van der Waals surface area contributed by atoms with Gasteiger partial charge in [0, 0.05) is 23.2 Å². The molecule has 3 aliphatic carbocycles. The van der Waals surface area contributed by atoms with Gasteiger partial charge in [0.05, 0.1) is 0 Å². The largest absolute Gasteiger partial charge is 0.326 e. The maximum Gasteiger partial charge on any atom is 0.228 e. The van der Waals surface area contributed by atoms with Crippen LogP contribution in [0.2, 0.25) is 0 Å². The Kier molecular flexibility index (Phi) is 3.25. The van der Waals surface area contributed by atoms with Crippen LogP contribution in [-0.4, -0.2) is 11.8 Å². The van der Waals surface area contributed by atoms with Gasteiger partial charge in [-0.1, -0.05) is 18.2 Å². The molecule has 2 amide bonds. The van der Waals surface area contributed by atoms with Crippen molar-refractivity contribution in [1.29, 1.82) is 0 Å². The van der Waals surface area contributed by atoms with E-state index in [2.05, 4.69) is 22.8 Å². The summed E-state index contributed by atoms with van der Waals surface area (Å²) in [6, 6.07) is 7.42. The van der Waals surface area contributed by atoms with E-state index in [1.807, 2.05) is 24.3 Å². The Morgan fingerprint density at radius 1 is 0.955 bits per heavy atom. The van der Waals surface area contributed by atoms with Crippen molar-refractivity contribution in [3.05, 3.63) is 36.4 Å². The topological polar surface area (TPSA) is 58.2 Å². The summed E-state index contributed by atoms with van der Waals surface area (Å²) in [6.07, 6.45) is 8.48. The Labute approximate surface area is 130 Å². The molecule has 2 bridgehead atoms. The molecule has 1 aromatic rings. The van der Waals surface area contributed by atoms with Crippen molar-refractivity contribution in [2.45, 2.75) is 25.7 Å². The lowest BCUT2D eigenvalue weighted by molar-refractivity contribution is -0.120. The Hall–Kier alpha value is -2.10. The van der Waals surface area contributed by atoms with Crippen molar-refractivity contribution in [2.24, 2.45) is 23.7 Å². The van der Waals surface area contributed by atoms with E-state index in [9.17, 15) is 9.59 Å². The molecule has 4 heteroatoms. The average molecular weight is 296 g/mol. The fourth-order valence-electron chi connectivity index (χ4n) is 3.58. The Morgan fingerprint density at radius 3 is 2.27 bits per heavy atom. The number of amides is 2. The number of carbonyl (C=O) groups excluding carboxylic acids is 2. The fourth-order valence-corrected chi connectivity index (χ4v) is 3.58. The molecule has 0 saturated heterocycles. The highest BCUT2D eigenvalue weighted by molar-refractivity contribution is 5.96. The molecule has 0 heterocycles. The zero-order chi connectivity index (χ0) is 15.1. The van der Waals surface area contributed by atoms with E-state index < -0.39 is 0 Å². The lowest BCUT2D eigenvalue weighted by atomic mass is 9.93. The first-order chi connectivity index (χ1) is 10.7. The van der Waals surface area contributed by atoms with Crippen LogP contribution in [0.3, 0.4) is 0 Å². The van der Waals surface area contributed by atoms with E-state index in [-0.39, 0.29) is 23.7 Å². The molecule has 0 aliphatic heterocycles. The number of fused-ring (bicyclic) bond motifs is 2. The molecule has 0 spiro atoms. The minimum Gasteiger partial charge on any atom is -0.326 e. The molecule has 3 atom stereocenters. The average Bonchev–Trinajstić information content (AvgIpc) is 3.15. The molecule has 22 heavy (non-hydrogen) atoms. The number of rotatable bonds is 4. The van der Waals surface area contributed by atoms with Gasteiger partial charge in [-0.3, -0.25) is 9.59 Å². The van der Waals surface area contributed by atoms with Crippen molar-refractivity contribution in [3.8, 4) is 0 Å². The molecule has 3 aliphatic rings. The number of carbonyl (C=O) groups is 2. The van der Waals surface area contributed by atoms with Gasteiger partial charge < -0.3 is 10.6 Å². The highest BCUT2D eigenvalue weighted by atomic mass is 16.2. The number of anilines is 2. The molecular weight excluding hydrogens is 276 g/mol.